The van der Waals surface area contributed by atoms with Crippen molar-refractivity contribution in [2.45, 2.75) is 38.6 Å². The quantitative estimate of drug-likeness (QED) is 0.838. The van der Waals surface area contributed by atoms with E-state index in [1.807, 2.05) is 28.2 Å². The monoisotopic (exact) mass is 350 g/mol. The highest BCUT2D eigenvalue weighted by molar-refractivity contribution is 7.12. The number of thiophene rings is 1. The molecule has 2 fully saturated rings. The average Bonchev–Trinajstić information content (AvgIpc) is 2.94. The molecule has 3 heterocycles. The number of piperidine rings is 1. The number of methoxy groups -OCH3 is 1. The van der Waals surface area contributed by atoms with Gasteiger partial charge in [0.2, 0.25) is 5.91 Å². The van der Waals surface area contributed by atoms with E-state index in [4.69, 9.17) is 4.74 Å². The third-order valence-corrected chi connectivity index (χ3v) is 6.26. The molecule has 132 valence electrons. The number of rotatable bonds is 4. The third-order valence-electron chi connectivity index (χ3n) is 5.26. The topological polar surface area (TPSA) is 49.9 Å². The fourth-order valence-corrected chi connectivity index (χ4v) is 4.85. The Morgan fingerprint density at radius 2 is 2.25 bits per heavy atom. The molecule has 0 bridgehead atoms. The summed E-state index contributed by atoms with van der Waals surface area (Å²) in [6, 6.07) is 2.25. The second kappa shape index (κ2) is 7.66. The molecule has 0 spiro atoms. The molecule has 0 unspecified atom stereocenters. The van der Waals surface area contributed by atoms with E-state index >= 15 is 0 Å². The summed E-state index contributed by atoms with van der Waals surface area (Å²) >= 11 is 1.52. The zero-order valence-corrected chi connectivity index (χ0v) is 15.3. The molecule has 3 rings (SSSR count). The van der Waals surface area contributed by atoms with Crippen LogP contribution in [0.25, 0.3) is 0 Å². The zero-order chi connectivity index (χ0) is 17.1. The van der Waals surface area contributed by atoms with Crippen LogP contribution in [-0.4, -0.2) is 61.0 Å². The molecule has 0 N–H and O–H groups in total. The van der Waals surface area contributed by atoms with E-state index in [1.54, 1.807) is 7.11 Å². The normalized spacial score (nSPS) is 24.7. The fraction of sp³-hybridized carbons (Fsp3) is 0.667. The van der Waals surface area contributed by atoms with Gasteiger partial charge < -0.3 is 14.5 Å². The highest BCUT2D eigenvalue weighted by Gasteiger charge is 2.38. The van der Waals surface area contributed by atoms with E-state index in [9.17, 15) is 9.59 Å². The van der Waals surface area contributed by atoms with Crippen molar-refractivity contribution in [1.29, 1.82) is 0 Å². The van der Waals surface area contributed by atoms with E-state index in [0.717, 1.165) is 42.8 Å². The van der Waals surface area contributed by atoms with Gasteiger partial charge in [0.1, 0.15) is 0 Å². The third kappa shape index (κ3) is 3.49. The molecule has 2 saturated heterocycles. The van der Waals surface area contributed by atoms with Gasteiger partial charge in [0, 0.05) is 39.2 Å². The molecule has 0 radical (unpaired) electrons. The van der Waals surface area contributed by atoms with Gasteiger partial charge in [-0.05, 0) is 49.1 Å². The van der Waals surface area contributed by atoms with E-state index in [2.05, 4.69) is 0 Å². The van der Waals surface area contributed by atoms with Crippen LogP contribution in [0.15, 0.2) is 11.4 Å². The average molecular weight is 350 g/mol. The van der Waals surface area contributed by atoms with Crippen molar-refractivity contribution in [3.8, 4) is 0 Å². The lowest BCUT2D eigenvalue weighted by atomic mass is 9.88. The van der Waals surface area contributed by atoms with E-state index in [0.29, 0.717) is 25.5 Å². The van der Waals surface area contributed by atoms with E-state index in [-0.39, 0.29) is 17.9 Å². The standard InChI is InChI=1S/C18H26N2O3S/c1-13-7-11-24-17(13)18(22)19-8-6-15-14(12-19)4-3-5-16(21)20(15)9-10-23-2/h7,11,14-15H,3-6,8-10,12H2,1-2H3/t14-,15+/m0/s1. The van der Waals surface area contributed by atoms with Crippen molar-refractivity contribution in [3.05, 3.63) is 21.9 Å². The molecule has 5 nitrogen and oxygen atoms in total. The van der Waals surface area contributed by atoms with Crippen LogP contribution in [0.3, 0.4) is 0 Å². The Hall–Kier alpha value is -1.40. The SMILES string of the molecule is COCCN1C(=O)CCC[C@H]2CN(C(=O)c3sccc3C)CC[C@H]21. The van der Waals surface area contributed by atoms with Crippen LogP contribution in [0.2, 0.25) is 0 Å². The second-order valence-corrected chi connectivity index (χ2v) is 7.69. The number of likely N-dealkylation sites (tertiary alicyclic amines) is 2. The number of carbonyl (C=O) groups excluding carboxylic acids is 2. The van der Waals surface area contributed by atoms with Crippen molar-refractivity contribution in [2.24, 2.45) is 5.92 Å². The van der Waals surface area contributed by atoms with Crippen molar-refractivity contribution in [3.63, 3.8) is 0 Å². The molecule has 24 heavy (non-hydrogen) atoms. The summed E-state index contributed by atoms with van der Waals surface area (Å²) in [6.45, 7) is 4.72. The van der Waals surface area contributed by atoms with Crippen LogP contribution in [0.4, 0.5) is 0 Å². The molecule has 0 aromatic carbocycles. The number of nitrogens with zero attached hydrogens (tertiary/aromatic N) is 2. The Kier molecular flexibility index (Phi) is 5.56. The first-order valence-corrected chi connectivity index (χ1v) is 9.61. The maximum absolute atomic E-state index is 12.8. The van der Waals surface area contributed by atoms with Gasteiger partial charge in [-0.25, -0.2) is 0 Å². The molecule has 2 aliphatic rings. The molecule has 0 aliphatic carbocycles. The molecule has 2 aliphatic heterocycles. The molecule has 2 amide bonds. The van der Waals surface area contributed by atoms with Gasteiger partial charge in [0.05, 0.1) is 11.5 Å². The van der Waals surface area contributed by atoms with Crippen molar-refractivity contribution in [2.75, 3.05) is 33.4 Å². The van der Waals surface area contributed by atoms with Crippen LogP contribution in [0.5, 0.6) is 0 Å². The van der Waals surface area contributed by atoms with Gasteiger partial charge in [-0.15, -0.1) is 11.3 Å². The number of hydrogen-bond acceptors (Lipinski definition) is 4. The van der Waals surface area contributed by atoms with Gasteiger partial charge >= 0.3 is 0 Å². The summed E-state index contributed by atoms with van der Waals surface area (Å²) in [6.07, 6.45) is 3.43. The van der Waals surface area contributed by atoms with Crippen LogP contribution in [-0.2, 0) is 9.53 Å². The summed E-state index contributed by atoms with van der Waals surface area (Å²) in [5.41, 5.74) is 1.06. The first kappa shape index (κ1) is 17.4. The van der Waals surface area contributed by atoms with Crippen LogP contribution < -0.4 is 0 Å². The van der Waals surface area contributed by atoms with Crippen molar-refractivity contribution in [1.82, 2.24) is 9.80 Å². The maximum atomic E-state index is 12.8. The van der Waals surface area contributed by atoms with Crippen LogP contribution in [0, 0.1) is 12.8 Å². The number of hydrogen-bond donors (Lipinski definition) is 0. The van der Waals surface area contributed by atoms with Gasteiger partial charge in [-0.1, -0.05) is 0 Å². The first-order valence-electron chi connectivity index (χ1n) is 8.73. The number of carbonyl (C=O) groups is 2. The van der Waals surface area contributed by atoms with Crippen LogP contribution in [0.1, 0.15) is 40.9 Å². The highest BCUT2D eigenvalue weighted by atomic mass is 32.1. The molecular weight excluding hydrogens is 324 g/mol. The molecule has 1 aromatic rings. The summed E-state index contributed by atoms with van der Waals surface area (Å²) in [4.78, 5) is 30.1. The lowest BCUT2D eigenvalue weighted by Gasteiger charge is -2.42. The van der Waals surface area contributed by atoms with Gasteiger partial charge in [-0.3, -0.25) is 9.59 Å². The van der Waals surface area contributed by atoms with Crippen LogP contribution >= 0.6 is 11.3 Å². The smallest absolute Gasteiger partial charge is 0.264 e. The van der Waals surface area contributed by atoms with Gasteiger partial charge in [-0.2, -0.15) is 0 Å². The zero-order valence-electron chi connectivity index (χ0n) is 14.5. The highest BCUT2D eigenvalue weighted by Crippen LogP contribution is 2.31. The number of amides is 2. The molecule has 6 heteroatoms. The largest absolute Gasteiger partial charge is 0.383 e. The second-order valence-electron chi connectivity index (χ2n) is 6.77. The number of ether oxygens (including phenoxy) is 1. The molecular formula is C18H26N2O3S. The lowest BCUT2D eigenvalue weighted by molar-refractivity contribution is -0.135. The Labute approximate surface area is 147 Å². The van der Waals surface area contributed by atoms with Crippen molar-refractivity contribution < 1.29 is 14.3 Å². The number of fused-ring (bicyclic) bond motifs is 1. The summed E-state index contributed by atoms with van der Waals surface area (Å²) in [5, 5.41) is 1.98. The molecule has 1 aromatic heterocycles. The maximum Gasteiger partial charge on any atom is 0.264 e. The molecule has 0 saturated carbocycles. The Balaban J connectivity index is 1.72. The number of aryl methyl sites for hydroxylation is 1. The van der Waals surface area contributed by atoms with E-state index in [1.165, 1.54) is 11.3 Å². The van der Waals surface area contributed by atoms with Crippen molar-refractivity contribution >= 4 is 23.2 Å². The Morgan fingerprint density at radius 3 is 2.96 bits per heavy atom. The fourth-order valence-electron chi connectivity index (χ4n) is 3.96. The first-order chi connectivity index (χ1) is 11.6. The van der Waals surface area contributed by atoms with E-state index < -0.39 is 0 Å². The Morgan fingerprint density at radius 1 is 1.42 bits per heavy atom. The summed E-state index contributed by atoms with van der Waals surface area (Å²) in [7, 11) is 1.67. The molecule has 2 atom stereocenters. The summed E-state index contributed by atoms with van der Waals surface area (Å²) < 4.78 is 5.18. The minimum Gasteiger partial charge on any atom is -0.383 e. The Bertz CT molecular complexity index is 601. The minimum atomic E-state index is 0.153. The minimum absolute atomic E-state index is 0.153. The lowest BCUT2D eigenvalue weighted by Crippen LogP contribution is -2.53. The summed E-state index contributed by atoms with van der Waals surface area (Å²) in [5.74, 6) is 0.777. The van der Waals surface area contributed by atoms with Gasteiger partial charge in [0.15, 0.2) is 0 Å². The predicted molar refractivity (Wildman–Crippen MR) is 94.3 cm³/mol. The van der Waals surface area contributed by atoms with Gasteiger partial charge in [0.25, 0.3) is 5.91 Å². The predicted octanol–water partition coefficient (Wildman–Crippen LogP) is 2.55.